The van der Waals surface area contributed by atoms with E-state index in [4.69, 9.17) is 0 Å². The van der Waals surface area contributed by atoms with Gasteiger partial charge >= 0.3 is 6.18 Å². The number of hydrogen-bond donors (Lipinski definition) is 1. The van der Waals surface area contributed by atoms with Crippen molar-refractivity contribution in [2.75, 3.05) is 11.9 Å². The van der Waals surface area contributed by atoms with Crippen molar-refractivity contribution >= 4 is 23.6 Å². The lowest BCUT2D eigenvalue weighted by molar-refractivity contribution is -0.141. The van der Waals surface area contributed by atoms with Crippen molar-refractivity contribution in [3.05, 3.63) is 65.7 Å². The maximum atomic E-state index is 13.8. The molecule has 2 aliphatic rings. The predicted molar refractivity (Wildman–Crippen MR) is 122 cm³/mol. The molecule has 11 heteroatoms. The zero-order chi connectivity index (χ0) is 23.9. The van der Waals surface area contributed by atoms with E-state index in [1.54, 1.807) is 30.2 Å². The van der Waals surface area contributed by atoms with Crippen molar-refractivity contribution in [2.45, 2.75) is 42.6 Å². The molecule has 2 aliphatic heterocycles. The fourth-order valence-corrected chi connectivity index (χ4v) is 5.40. The number of rotatable bonds is 5. The molecule has 0 aliphatic carbocycles. The Labute approximate surface area is 198 Å². The quantitative estimate of drug-likeness (QED) is 0.535. The van der Waals surface area contributed by atoms with Crippen LogP contribution in [0, 0.1) is 6.92 Å². The first-order chi connectivity index (χ1) is 16.3. The number of aromatic nitrogens is 4. The number of aryl methyl sites for hydroxylation is 1. The minimum atomic E-state index is -4.55. The minimum Gasteiger partial charge on any atom is -0.352 e. The molecule has 3 aromatic rings. The van der Waals surface area contributed by atoms with Crippen molar-refractivity contribution in [1.82, 2.24) is 24.8 Å². The summed E-state index contributed by atoms with van der Waals surface area (Å²) in [7, 11) is 0. The van der Waals surface area contributed by atoms with Crippen molar-refractivity contribution < 1.29 is 18.0 Å². The van der Waals surface area contributed by atoms with E-state index >= 15 is 0 Å². The van der Waals surface area contributed by atoms with Gasteiger partial charge in [-0.1, -0.05) is 17.7 Å². The highest BCUT2D eigenvalue weighted by Gasteiger charge is 2.51. The van der Waals surface area contributed by atoms with Crippen LogP contribution in [0.5, 0.6) is 0 Å². The third-order valence-electron chi connectivity index (χ3n) is 5.90. The molecule has 0 saturated carbocycles. The van der Waals surface area contributed by atoms with E-state index < -0.39 is 11.9 Å². The summed E-state index contributed by atoms with van der Waals surface area (Å²) in [6, 6.07) is 7.93. The lowest BCUT2D eigenvalue weighted by atomic mass is 9.97. The first kappa shape index (κ1) is 22.6. The number of fused-ring (bicyclic) bond motifs is 1. The van der Waals surface area contributed by atoms with Crippen LogP contribution in [0.1, 0.15) is 34.5 Å². The van der Waals surface area contributed by atoms with Gasteiger partial charge in [0.1, 0.15) is 5.69 Å². The molecule has 1 N–H and O–H groups in total. The van der Waals surface area contributed by atoms with Crippen LogP contribution < -0.4 is 5.32 Å². The summed E-state index contributed by atoms with van der Waals surface area (Å²) in [5, 5.41) is 3.33. The van der Waals surface area contributed by atoms with E-state index in [-0.39, 0.29) is 29.8 Å². The number of carbonyl (C=O) groups is 1. The number of hydrogen-bond acceptors (Lipinski definition) is 7. The average molecular weight is 487 g/mol. The van der Waals surface area contributed by atoms with Crippen molar-refractivity contribution in [3.63, 3.8) is 0 Å². The molecular formula is C23H21F3N6OS. The van der Waals surface area contributed by atoms with E-state index in [9.17, 15) is 18.0 Å². The highest BCUT2D eigenvalue weighted by molar-refractivity contribution is 8.07. The van der Waals surface area contributed by atoms with Gasteiger partial charge in [-0.15, -0.1) is 11.8 Å². The summed E-state index contributed by atoms with van der Waals surface area (Å²) in [6.07, 6.45) is 1.46. The number of benzene rings is 1. The van der Waals surface area contributed by atoms with Gasteiger partial charge < -0.3 is 10.2 Å². The molecule has 34 heavy (non-hydrogen) atoms. The lowest BCUT2D eigenvalue weighted by Gasteiger charge is -2.35. The highest BCUT2D eigenvalue weighted by Crippen LogP contribution is 2.51. The number of thioether (sulfide) groups is 1. The Morgan fingerprint density at radius 3 is 2.71 bits per heavy atom. The summed E-state index contributed by atoms with van der Waals surface area (Å²) in [6.45, 7) is 2.17. The Bertz CT molecular complexity index is 1210. The van der Waals surface area contributed by atoms with Gasteiger partial charge in [0.25, 0.3) is 5.91 Å². The fourth-order valence-electron chi connectivity index (χ4n) is 4.19. The summed E-state index contributed by atoms with van der Waals surface area (Å²) in [4.78, 5) is 31.8. The summed E-state index contributed by atoms with van der Waals surface area (Å²) in [5.41, 5.74) is 1.09. The van der Waals surface area contributed by atoms with E-state index in [1.807, 2.05) is 30.0 Å². The van der Waals surface area contributed by atoms with Crippen molar-refractivity contribution in [3.8, 4) is 11.4 Å². The lowest BCUT2D eigenvalue weighted by Crippen LogP contribution is -2.49. The zero-order valence-corrected chi connectivity index (χ0v) is 19.0. The van der Waals surface area contributed by atoms with Gasteiger partial charge in [0, 0.05) is 35.9 Å². The van der Waals surface area contributed by atoms with Crippen LogP contribution >= 0.6 is 11.8 Å². The van der Waals surface area contributed by atoms with Crippen LogP contribution in [-0.2, 0) is 6.18 Å². The third kappa shape index (κ3) is 4.56. The molecule has 0 unspecified atom stereocenters. The third-order valence-corrected chi connectivity index (χ3v) is 7.26. The molecule has 0 bridgehead atoms. The molecule has 0 radical (unpaired) electrons. The topological polar surface area (TPSA) is 83.9 Å². The standard InChI is InChI=1S/C23H21F3N6OS/c1-13-3-5-15(19-27-8-2-9-28-19)16(11-13)20(33)32-14(4-6-17-21(32)34-17)12-30-22-29-10-7-18(31-22)23(24,25)26/h2-3,5,7-11,14,17,21H,4,6,12H2,1H3,(H,29,30,31)/t14-,17+,21+/m0/s1. The number of amides is 1. The number of piperidine rings is 1. The van der Waals surface area contributed by atoms with Gasteiger partial charge in [-0.05, 0) is 38.0 Å². The molecule has 1 amide bonds. The normalized spacial score (nSPS) is 21.6. The molecule has 3 atom stereocenters. The molecule has 4 heterocycles. The largest absolute Gasteiger partial charge is 0.433 e. The second-order valence-corrected chi connectivity index (χ2v) is 9.63. The second kappa shape index (κ2) is 8.86. The van der Waals surface area contributed by atoms with E-state index in [0.29, 0.717) is 22.2 Å². The van der Waals surface area contributed by atoms with Gasteiger partial charge in [-0.2, -0.15) is 13.2 Å². The van der Waals surface area contributed by atoms with Crippen LogP contribution in [0.2, 0.25) is 0 Å². The minimum absolute atomic E-state index is 0.0422. The number of halogens is 3. The predicted octanol–water partition coefficient (Wildman–Crippen LogP) is 4.42. The number of nitrogens with one attached hydrogen (secondary N) is 1. The Balaban J connectivity index is 1.41. The Hall–Kier alpha value is -3.21. The number of alkyl halides is 3. The molecular weight excluding hydrogens is 465 g/mol. The molecule has 1 aromatic carbocycles. The molecule has 2 fully saturated rings. The molecule has 2 saturated heterocycles. The molecule has 5 rings (SSSR count). The molecule has 7 nitrogen and oxygen atoms in total. The van der Waals surface area contributed by atoms with Crippen LogP contribution in [-0.4, -0.2) is 54.0 Å². The van der Waals surface area contributed by atoms with E-state index in [1.165, 1.54) is 0 Å². The maximum absolute atomic E-state index is 13.8. The first-order valence-electron chi connectivity index (χ1n) is 10.8. The molecule has 0 spiro atoms. The van der Waals surface area contributed by atoms with Gasteiger partial charge in [-0.25, -0.2) is 19.9 Å². The molecule has 2 aromatic heterocycles. The van der Waals surface area contributed by atoms with Crippen LogP contribution in [0.3, 0.4) is 0 Å². The SMILES string of the molecule is Cc1ccc(-c2ncccn2)c(C(=O)N2[C@H](CNc3nccc(C(F)(F)F)n3)CC[C@H]3S[C@H]32)c1. The van der Waals surface area contributed by atoms with Gasteiger partial charge in [0.05, 0.1) is 17.0 Å². The smallest absolute Gasteiger partial charge is 0.352 e. The summed E-state index contributed by atoms with van der Waals surface area (Å²) < 4.78 is 39.0. The Kier molecular flexibility index (Phi) is 5.88. The van der Waals surface area contributed by atoms with Crippen molar-refractivity contribution in [1.29, 1.82) is 0 Å². The number of likely N-dealkylation sites (tertiary alicyclic amines) is 1. The van der Waals surface area contributed by atoms with Crippen LogP contribution in [0.25, 0.3) is 11.4 Å². The maximum Gasteiger partial charge on any atom is 0.433 e. The zero-order valence-electron chi connectivity index (χ0n) is 18.2. The first-order valence-corrected chi connectivity index (χ1v) is 11.8. The average Bonchev–Trinajstić information content (AvgIpc) is 3.62. The second-order valence-electron chi connectivity index (χ2n) is 8.27. The fraction of sp³-hybridized carbons (Fsp3) is 0.348. The van der Waals surface area contributed by atoms with E-state index in [2.05, 4.69) is 25.3 Å². The highest BCUT2D eigenvalue weighted by atomic mass is 32.2. The number of carbonyl (C=O) groups excluding carboxylic acids is 1. The Morgan fingerprint density at radius 1 is 1.15 bits per heavy atom. The van der Waals surface area contributed by atoms with Crippen LogP contribution in [0.4, 0.5) is 19.1 Å². The van der Waals surface area contributed by atoms with Gasteiger partial charge in [-0.3, -0.25) is 4.79 Å². The monoisotopic (exact) mass is 486 g/mol. The number of anilines is 1. The number of nitrogens with zero attached hydrogens (tertiary/aromatic N) is 5. The van der Waals surface area contributed by atoms with Gasteiger partial charge in [0.2, 0.25) is 5.95 Å². The Morgan fingerprint density at radius 2 is 1.94 bits per heavy atom. The van der Waals surface area contributed by atoms with Gasteiger partial charge in [0.15, 0.2) is 5.82 Å². The van der Waals surface area contributed by atoms with Crippen molar-refractivity contribution in [2.24, 2.45) is 0 Å². The van der Waals surface area contributed by atoms with E-state index in [0.717, 1.165) is 30.7 Å². The molecule has 176 valence electrons. The van der Waals surface area contributed by atoms with Crippen LogP contribution in [0.15, 0.2) is 48.9 Å². The summed E-state index contributed by atoms with van der Waals surface area (Å²) in [5.74, 6) is 0.222. The summed E-state index contributed by atoms with van der Waals surface area (Å²) >= 11 is 1.73.